The van der Waals surface area contributed by atoms with E-state index in [9.17, 15) is 23.4 Å². The average molecular weight is 624 g/mol. The zero-order chi connectivity index (χ0) is 31.4. The minimum atomic E-state index is -3.75. The summed E-state index contributed by atoms with van der Waals surface area (Å²) in [6, 6.07) is 8.51. The number of hydrogen-bond donors (Lipinski definition) is 2. The monoisotopic (exact) mass is 623 g/mol. The first kappa shape index (κ1) is 32.1. The largest absolute Gasteiger partial charge is 0.393 e. The first-order chi connectivity index (χ1) is 20.9. The summed E-state index contributed by atoms with van der Waals surface area (Å²) in [4.78, 5) is 17.4. The Morgan fingerprint density at radius 3 is 2.52 bits per heavy atom. The topological polar surface area (TPSA) is 105 Å². The van der Waals surface area contributed by atoms with Gasteiger partial charge >= 0.3 is 0 Å². The molecule has 6 rings (SSSR count). The van der Waals surface area contributed by atoms with Crippen LogP contribution in [0.3, 0.4) is 0 Å². The zero-order valence-electron chi connectivity index (χ0n) is 27.1. The van der Waals surface area contributed by atoms with Crippen LogP contribution in [-0.2, 0) is 14.6 Å². The molecule has 44 heavy (non-hydrogen) atoms. The number of nitrogens with zero attached hydrogens (tertiary/aromatic N) is 1. The Hall–Kier alpha value is -1.83. The Labute approximate surface area is 264 Å². The van der Waals surface area contributed by atoms with Crippen LogP contribution in [0.4, 0.5) is 0 Å². The van der Waals surface area contributed by atoms with E-state index in [1.165, 1.54) is 19.3 Å². The lowest BCUT2D eigenvalue weighted by atomic mass is 9.41. The fourth-order valence-electron chi connectivity index (χ4n) is 11.5. The van der Waals surface area contributed by atoms with E-state index in [1.54, 1.807) is 36.5 Å². The summed E-state index contributed by atoms with van der Waals surface area (Å²) < 4.78 is 26.4. The van der Waals surface area contributed by atoms with Gasteiger partial charge in [0.1, 0.15) is 11.5 Å². The Morgan fingerprint density at radius 1 is 1.00 bits per heavy atom. The number of Topliss-reactive ketones (excluding diaryl/α,β-unsaturated/α-hetero) is 1. The number of rotatable bonds is 9. The third-order valence-corrected chi connectivity index (χ3v) is 15.3. The second-order valence-electron chi connectivity index (χ2n) is 15.6. The maximum atomic E-state index is 13.2. The van der Waals surface area contributed by atoms with Gasteiger partial charge in [0.15, 0.2) is 9.84 Å². The summed E-state index contributed by atoms with van der Waals surface area (Å²) in [5.41, 5.74) is 1.01. The van der Waals surface area contributed by atoms with Crippen LogP contribution in [0.1, 0.15) is 98.3 Å². The highest BCUT2D eigenvalue weighted by Crippen LogP contribution is 2.69. The van der Waals surface area contributed by atoms with Crippen LogP contribution in [0, 0.1) is 52.3 Å². The van der Waals surface area contributed by atoms with Crippen LogP contribution >= 0.6 is 0 Å². The van der Waals surface area contributed by atoms with Crippen LogP contribution < -0.4 is 0 Å². The van der Waals surface area contributed by atoms with Crippen LogP contribution in [0.25, 0.3) is 10.9 Å². The van der Waals surface area contributed by atoms with Crippen LogP contribution in [-0.4, -0.2) is 47.4 Å². The van der Waals surface area contributed by atoms with E-state index in [-0.39, 0.29) is 46.1 Å². The molecule has 4 aliphatic rings. The molecule has 6 nitrogen and oxygen atoms in total. The lowest BCUT2D eigenvalue weighted by molar-refractivity contribution is -0.203. The predicted octanol–water partition coefficient (Wildman–Crippen LogP) is 7.01. The standard InChI is InChI=1S/C37H53NO5S/c1-5-26-31-21-24(39)16-18-37(31,4)30-17-19-36(3)28(14-15-29(36)34(30)35(26)41)23(2)9-6-10-25(40)22-44(42,43)33-13-7-12-32-27(33)11-8-20-38-32/h7-8,11-13,20,23-24,26,28-31,34-35,39,41H,5-6,9-10,14-19,21-22H2,1-4H3/t23-,24-,26-,28-,29+,30+,31+,34+,35-,36-,37-/m1/s1. The molecule has 4 saturated carbocycles. The maximum absolute atomic E-state index is 13.2. The van der Waals surface area contributed by atoms with E-state index >= 15 is 0 Å². The molecule has 0 bridgehead atoms. The number of benzene rings is 1. The van der Waals surface area contributed by atoms with Gasteiger partial charge < -0.3 is 10.2 Å². The van der Waals surface area contributed by atoms with E-state index in [4.69, 9.17) is 0 Å². The molecule has 0 saturated heterocycles. The van der Waals surface area contributed by atoms with Crippen LogP contribution in [0.5, 0.6) is 0 Å². The number of sulfone groups is 1. The summed E-state index contributed by atoms with van der Waals surface area (Å²) in [5.74, 6) is 2.39. The molecule has 0 spiro atoms. The van der Waals surface area contributed by atoms with Gasteiger partial charge in [0.05, 0.1) is 22.6 Å². The molecule has 2 aromatic rings. The van der Waals surface area contributed by atoms with Crippen molar-refractivity contribution in [1.29, 1.82) is 0 Å². The molecule has 242 valence electrons. The van der Waals surface area contributed by atoms with Crippen LogP contribution in [0.15, 0.2) is 41.4 Å². The fraction of sp³-hybridized carbons (Fsp3) is 0.730. The summed E-state index contributed by atoms with van der Waals surface area (Å²) in [5, 5.41) is 23.1. The number of aliphatic hydroxyl groups excluding tert-OH is 2. The molecule has 1 aromatic carbocycles. The van der Waals surface area contributed by atoms with Gasteiger partial charge in [-0.3, -0.25) is 9.78 Å². The van der Waals surface area contributed by atoms with Crippen LogP contribution in [0.2, 0.25) is 0 Å². The minimum absolute atomic E-state index is 0.185. The van der Waals surface area contributed by atoms with E-state index in [1.807, 2.05) is 0 Å². The summed E-state index contributed by atoms with van der Waals surface area (Å²) >= 11 is 0. The highest BCUT2D eigenvalue weighted by Gasteiger charge is 2.64. The van der Waals surface area contributed by atoms with E-state index in [0.717, 1.165) is 38.5 Å². The third-order valence-electron chi connectivity index (χ3n) is 13.6. The van der Waals surface area contributed by atoms with Gasteiger partial charge in [0, 0.05) is 18.0 Å². The summed E-state index contributed by atoms with van der Waals surface area (Å²) in [6.45, 7) is 9.54. The lowest BCUT2D eigenvalue weighted by Crippen LogP contribution is -2.62. The molecule has 7 heteroatoms. The van der Waals surface area contributed by atoms with E-state index in [0.29, 0.717) is 52.8 Å². The van der Waals surface area contributed by atoms with Crippen molar-refractivity contribution in [2.75, 3.05) is 5.75 Å². The molecule has 0 amide bonds. The van der Waals surface area contributed by atoms with Gasteiger partial charge in [-0.05, 0) is 128 Å². The van der Waals surface area contributed by atoms with Crippen molar-refractivity contribution in [2.24, 2.45) is 52.3 Å². The number of carbonyl (C=O) groups excluding carboxylic acids is 1. The van der Waals surface area contributed by atoms with Crippen molar-refractivity contribution in [3.05, 3.63) is 36.5 Å². The fourth-order valence-corrected chi connectivity index (χ4v) is 13.0. The number of fused-ring (bicyclic) bond motifs is 6. The Bertz CT molecular complexity index is 1470. The number of aromatic nitrogens is 1. The second kappa shape index (κ2) is 12.1. The predicted molar refractivity (Wildman–Crippen MR) is 174 cm³/mol. The summed E-state index contributed by atoms with van der Waals surface area (Å²) in [6.07, 6.45) is 11.5. The SMILES string of the molecule is CC[C@H]1[C@@H](O)[C@@H]2[C@H](CC[C@]3(C)[C@@H]([C@H](C)CCCC(=O)CS(=O)(=O)c4cccc5ncccc45)CC[C@@H]23)[C@@]2(C)CC[C@@H](O)C[C@@H]12. The number of hydrogen-bond acceptors (Lipinski definition) is 6. The number of ketones is 1. The van der Waals surface area contributed by atoms with Gasteiger partial charge in [0.25, 0.3) is 0 Å². The first-order valence-electron chi connectivity index (χ1n) is 17.3. The highest BCUT2D eigenvalue weighted by molar-refractivity contribution is 7.92. The molecule has 0 aliphatic heterocycles. The Morgan fingerprint density at radius 2 is 1.75 bits per heavy atom. The lowest BCUT2D eigenvalue weighted by Gasteiger charge is -2.64. The molecular formula is C37H53NO5S. The molecule has 4 fully saturated rings. The van der Waals surface area contributed by atoms with Crippen molar-refractivity contribution < 1.29 is 23.4 Å². The van der Waals surface area contributed by atoms with Gasteiger partial charge in [0.2, 0.25) is 0 Å². The number of carbonyl (C=O) groups is 1. The zero-order valence-corrected chi connectivity index (χ0v) is 27.9. The number of aliphatic hydroxyl groups is 2. The average Bonchev–Trinajstić information content (AvgIpc) is 3.35. The second-order valence-corrected chi connectivity index (χ2v) is 17.6. The van der Waals surface area contributed by atoms with Crippen molar-refractivity contribution in [3.63, 3.8) is 0 Å². The molecule has 0 radical (unpaired) electrons. The highest BCUT2D eigenvalue weighted by atomic mass is 32.2. The Balaban J connectivity index is 1.09. The van der Waals surface area contributed by atoms with Crippen molar-refractivity contribution in [2.45, 2.75) is 115 Å². The molecule has 1 aromatic heterocycles. The smallest absolute Gasteiger partial charge is 0.186 e. The van der Waals surface area contributed by atoms with Gasteiger partial charge in [-0.1, -0.05) is 46.6 Å². The molecule has 1 heterocycles. The Kier molecular flexibility index (Phi) is 8.82. The third kappa shape index (κ3) is 5.37. The molecule has 4 aliphatic carbocycles. The van der Waals surface area contributed by atoms with E-state index < -0.39 is 15.6 Å². The van der Waals surface area contributed by atoms with Crippen molar-refractivity contribution >= 4 is 26.5 Å². The quantitative estimate of drug-likeness (QED) is 0.311. The first-order valence-corrected chi connectivity index (χ1v) is 19.0. The summed E-state index contributed by atoms with van der Waals surface area (Å²) in [7, 11) is -3.75. The molecule has 11 atom stereocenters. The minimum Gasteiger partial charge on any atom is -0.393 e. The molecule has 2 N–H and O–H groups in total. The van der Waals surface area contributed by atoms with Crippen molar-refractivity contribution in [1.82, 2.24) is 4.98 Å². The van der Waals surface area contributed by atoms with Gasteiger partial charge in [-0.15, -0.1) is 0 Å². The number of pyridine rings is 1. The maximum Gasteiger partial charge on any atom is 0.186 e. The normalized spacial score (nSPS) is 39.3. The molecular weight excluding hydrogens is 570 g/mol. The van der Waals surface area contributed by atoms with Gasteiger partial charge in [-0.25, -0.2) is 8.42 Å². The van der Waals surface area contributed by atoms with Crippen molar-refractivity contribution in [3.8, 4) is 0 Å². The van der Waals surface area contributed by atoms with E-state index in [2.05, 4.69) is 32.7 Å². The molecule has 0 unspecified atom stereocenters. The van der Waals surface area contributed by atoms with Gasteiger partial charge in [-0.2, -0.15) is 0 Å².